The second kappa shape index (κ2) is 8.08. The van der Waals surface area contributed by atoms with E-state index in [1.54, 1.807) is 19.2 Å². The predicted molar refractivity (Wildman–Crippen MR) is 112 cm³/mol. The van der Waals surface area contributed by atoms with Crippen LogP contribution in [0.1, 0.15) is 24.6 Å². The van der Waals surface area contributed by atoms with Crippen LogP contribution in [0.4, 0.5) is 11.5 Å². The molecule has 4 rings (SSSR count). The van der Waals surface area contributed by atoms with E-state index in [4.69, 9.17) is 32.7 Å². The van der Waals surface area contributed by atoms with Gasteiger partial charge >= 0.3 is 5.97 Å². The van der Waals surface area contributed by atoms with Crippen LogP contribution in [-0.4, -0.2) is 34.6 Å². The van der Waals surface area contributed by atoms with Crippen molar-refractivity contribution in [3.05, 3.63) is 39.8 Å². The van der Waals surface area contributed by atoms with Crippen LogP contribution >= 0.6 is 23.2 Å². The van der Waals surface area contributed by atoms with Gasteiger partial charge in [-0.1, -0.05) is 23.2 Å². The van der Waals surface area contributed by atoms with E-state index < -0.39 is 0 Å². The first kappa shape index (κ1) is 19.8. The van der Waals surface area contributed by atoms with Crippen molar-refractivity contribution < 1.29 is 14.3 Å². The van der Waals surface area contributed by atoms with Crippen molar-refractivity contribution in [1.29, 1.82) is 0 Å². The van der Waals surface area contributed by atoms with E-state index in [1.807, 2.05) is 6.92 Å². The topological polar surface area (TPSA) is 89.1 Å². The molecule has 7 nitrogen and oxygen atoms in total. The lowest BCUT2D eigenvalue weighted by atomic mass is 9.86. The van der Waals surface area contributed by atoms with Crippen LogP contribution in [0.2, 0.25) is 10.0 Å². The molecule has 1 atom stereocenters. The highest BCUT2D eigenvalue weighted by molar-refractivity contribution is 6.42. The number of H-pyrrole nitrogens is 1. The standard InChI is InChI=1S/C20H20Cl2N4O3/c1-3-29-20(27)10-4-5-14-11(6-10)17-18(25-14)23-9-24-19(17)26-15-7-12(21)13(22)8-16(15)28-2/h7-10H,3-6H2,1-2H3,(H2,23,24,25,26). The molecule has 2 heterocycles. The van der Waals surface area contributed by atoms with Crippen molar-refractivity contribution in [3.8, 4) is 5.75 Å². The van der Waals surface area contributed by atoms with Gasteiger partial charge in [-0.3, -0.25) is 4.79 Å². The molecule has 0 spiro atoms. The summed E-state index contributed by atoms with van der Waals surface area (Å²) in [7, 11) is 1.56. The molecule has 0 bridgehead atoms. The molecule has 2 N–H and O–H groups in total. The van der Waals surface area contributed by atoms with Crippen LogP contribution in [0.15, 0.2) is 18.5 Å². The zero-order chi connectivity index (χ0) is 20.5. The number of fused-ring (bicyclic) bond motifs is 3. The van der Waals surface area contributed by atoms with Gasteiger partial charge in [-0.2, -0.15) is 0 Å². The molecule has 0 radical (unpaired) electrons. The lowest BCUT2D eigenvalue weighted by Gasteiger charge is -2.21. The number of hydrogen-bond acceptors (Lipinski definition) is 6. The Hall–Kier alpha value is -2.51. The number of carbonyl (C=O) groups is 1. The van der Waals surface area contributed by atoms with E-state index >= 15 is 0 Å². The van der Waals surface area contributed by atoms with Crippen molar-refractivity contribution in [1.82, 2.24) is 15.0 Å². The summed E-state index contributed by atoms with van der Waals surface area (Å²) in [5.41, 5.74) is 3.46. The monoisotopic (exact) mass is 434 g/mol. The zero-order valence-electron chi connectivity index (χ0n) is 16.0. The molecule has 1 unspecified atom stereocenters. The Labute approximate surface area is 177 Å². The SMILES string of the molecule is CCOC(=O)C1CCc2[nH]c3ncnc(Nc4cc(Cl)c(Cl)cc4OC)c3c2C1. The predicted octanol–water partition coefficient (Wildman–Crippen LogP) is 4.68. The number of ether oxygens (including phenoxy) is 2. The first-order valence-electron chi connectivity index (χ1n) is 9.32. The number of halogens is 2. The summed E-state index contributed by atoms with van der Waals surface area (Å²) in [5.74, 6) is 0.813. The van der Waals surface area contributed by atoms with Gasteiger partial charge in [-0.15, -0.1) is 0 Å². The Bertz CT molecular complexity index is 1080. The molecule has 0 amide bonds. The van der Waals surface area contributed by atoms with Gasteiger partial charge in [0.1, 0.15) is 23.5 Å². The number of nitrogens with zero attached hydrogens (tertiary/aromatic N) is 2. The van der Waals surface area contributed by atoms with Gasteiger partial charge in [0, 0.05) is 11.8 Å². The highest BCUT2D eigenvalue weighted by Crippen LogP contribution is 2.39. The number of carbonyl (C=O) groups excluding carboxylic acids is 1. The van der Waals surface area contributed by atoms with Gasteiger partial charge in [0.2, 0.25) is 0 Å². The molecule has 29 heavy (non-hydrogen) atoms. The molecular weight excluding hydrogens is 415 g/mol. The van der Waals surface area contributed by atoms with E-state index in [1.165, 1.54) is 6.33 Å². The van der Waals surface area contributed by atoms with Crippen molar-refractivity contribution in [2.75, 3.05) is 19.0 Å². The second-order valence-corrected chi connectivity index (χ2v) is 7.63. The smallest absolute Gasteiger partial charge is 0.309 e. The van der Waals surface area contributed by atoms with E-state index in [-0.39, 0.29) is 11.9 Å². The summed E-state index contributed by atoms with van der Waals surface area (Å²) in [5, 5.41) is 4.94. The molecule has 0 aliphatic heterocycles. The summed E-state index contributed by atoms with van der Waals surface area (Å²) >= 11 is 12.3. The lowest BCUT2D eigenvalue weighted by Crippen LogP contribution is -2.24. The number of esters is 1. The van der Waals surface area contributed by atoms with Crippen LogP contribution in [0.5, 0.6) is 5.75 Å². The van der Waals surface area contributed by atoms with Gasteiger partial charge in [0.25, 0.3) is 0 Å². The van der Waals surface area contributed by atoms with Crippen LogP contribution in [0.25, 0.3) is 11.0 Å². The molecule has 2 aromatic heterocycles. The number of hydrogen-bond donors (Lipinski definition) is 2. The van der Waals surface area contributed by atoms with E-state index in [9.17, 15) is 4.79 Å². The summed E-state index contributed by atoms with van der Waals surface area (Å²) < 4.78 is 10.6. The van der Waals surface area contributed by atoms with Crippen molar-refractivity contribution >= 4 is 51.7 Å². The van der Waals surface area contributed by atoms with E-state index in [0.717, 1.165) is 35.1 Å². The average molecular weight is 435 g/mol. The summed E-state index contributed by atoms with van der Waals surface area (Å²) in [6.07, 6.45) is 3.56. The van der Waals surface area contributed by atoms with Crippen LogP contribution in [-0.2, 0) is 22.4 Å². The molecule has 1 aliphatic carbocycles. The minimum absolute atomic E-state index is 0.162. The zero-order valence-corrected chi connectivity index (χ0v) is 17.5. The number of rotatable bonds is 5. The number of methoxy groups -OCH3 is 1. The summed E-state index contributed by atoms with van der Waals surface area (Å²) in [4.78, 5) is 24.4. The maximum Gasteiger partial charge on any atom is 0.309 e. The fraction of sp³-hybridized carbons (Fsp3) is 0.350. The number of anilines is 2. The molecule has 1 aromatic carbocycles. The molecule has 0 fully saturated rings. The van der Waals surface area contributed by atoms with Gasteiger partial charge in [0.15, 0.2) is 0 Å². The third kappa shape index (κ3) is 3.72. The van der Waals surface area contributed by atoms with Crippen molar-refractivity contribution in [2.24, 2.45) is 5.92 Å². The highest BCUT2D eigenvalue weighted by atomic mass is 35.5. The molecule has 0 saturated heterocycles. The minimum atomic E-state index is -0.172. The Kier molecular flexibility index (Phi) is 5.52. The average Bonchev–Trinajstić information content (AvgIpc) is 3.09. The Morgan fingerprint density at radius 1 is 1.31 bits per heavy atom. The minimum Gasteiger partial charge on any atom is -0.495 e. The Morgan fingerprint density at radius 2 is 2.10 bits per heavy atom. The van der Waals surface area contributed by atoms with Gasteiger partial charge in [-0.05, 0) is 37.8 Å². The maximum absolute atomic E-state index is 12.3. The molecular formula is C20H20Cl2N4O3. The second-order valence-electron chi connectivity index (χ2n) is 6.81. The number of aromatic amines is 1. The quantitative estimate of drug-likeness (QED) is 0.566. The normalized spacial score (nSPS) is 15.8. The summed E-state index contributed by atoms with van der Waals surface area (Å²) in [6.45, 7) is 2.20. The number of benzene rings is 1. The summed E-state index contributed by atoms with van der Waals surface area (Å²) in [6, 6.07) is 3.34. The molecule has 9 heteroatoms. The van der Waals surface area contributed by atoms with E-state index in [0.29, 0.717) is 40.3 Å². The van der Waals surface area contributed by atoms with Crippen LogP contribution in [0.3, 0.4) is 0 Å². The molecule has 1 aliphatic rings. The molecule has 152 valence electrons. The fourth-order valence-electron chi connectivity index (χ4n) is 3.72. The fourth-order valence-corrected chi connectivity index (χ4v) is 4.04. The van der Waals surface area contributed by atoms with Gasteiger partial charge in [-0.25, -0.2) is 9.97 Å². The Morgan fingerprint density at radius 3 is 2.86 bits per heavy atom. The number of aromatic nitrogens is 3. The van der Waals surface area contributed by atoms with Crippen LogP contribution < -0.4 is 10.1 Å². The van der Waals surface area contributed by atoms with Crippen molar-refractivity contribution in [2.45, 2.75) is 26.2 Å². The third-order valence-corrected chi connectivity index (χ3v) is 5.81. The third-order valence-electron chi connectivity index (χ3n) is 5.09. The largest absolute Gasteiger partial charge is 0.495 e. The first-order chi connectivity index (χ1) is 14.0. The van der Waals surface area contributed by atoms with Crippen molar-refractivity contribution in [3.63, 3.8) is 0 Å². The maximum atomic E-state index is 12.3. The number of aryl methyl sites for hydroxylation is 1. The Balaban J connectivity index is 1.75. The highest BCUT2D eigenvalue weighted by Gasteiger charge is 2.30. The van der Waals surface area contributed by atoms with E-state index in [2.05, 4.69) is 20.3 Å². The molecule has 0 saturated carbocycles. The molecule has 3 aromatic rings. The van der Waals surface area contributed by atoms with Crippen LogP contribution in [0, 0.1) is 5.92 Å². The van der Waals surface area contributed by atoms with Gasteiger partial charge < -0.3 is 19.8 Å². The first-order valence-corrected chi connectivity index (χ1v) is 10.1. The number of nitrogens with one attached hydrogen (secondary N) is 2. The lowest BCUT2D eigenvalue weighted by molar-refractivity contribution is -0.148. The van der Waals surface area contributed by atoms with Gasteiger partial charge in [0.05, 0.1) is 40.8 Å².